The molecule has 0 unspecified atom stereocenters. The zero-order valence-electron chi connectivity index (χ0n) is 13.0. The normalized spacial score (nSPS) is 11.4. The van der Waals surface area contributed by atoms with E-state index < -0.39 is 5.97 Å². The number of carbonyl (C=O) groups is 1. The molecule has 1 N–H and O–H groups in total. The Morgan fingerprint density at radius 2 is 2.04 bits per heavy atom. The average molecular weight is 358 g/mol. The highest BCUT2D eigenvalue weighted by molar-refractivity contribution is 6.31. The van der Waals surface area contributed by atoms with Crippen LogP contribution >= 0.6 is 11.6 Å². The van der Waals surface area contributed by atoms with Gasteiger partial charge in [0.25, 0.3) is 5.89 Å². The van der Waals surface area contributed by atoms with Crippen molar-refractivity contribution in [2.75, 3.05) is 0 Å². The van der Waals surface area contributed by atoms with Gasteiger partial charge in [0.05, 0.1) is 0 Å². The number of ether oxygens (including phenoxy) is 1. The lowest BCUT2D eigenvalue weighted by atomic mass is 10.2. The van der Waals surface area contributed by atoms with Crippen LogP contribution in [-0.2, 0) is 4.79 Å². The number of aliphatic carboxylic acids is 1. The second-order valence-electron chi connectivity index (χ2n) is 5.01. The Bertz CT molecular complexity index is 935. The van der Waals surface area contributed by atoms with E-state index >= 15 is 0 Å². The minimum Gasteiger partial charge on any atom is -0.478 e. The first-order chi connectivity index (χ1) is 12.0. The topological polar surface area (TPSA) is 98.3 Å². The number of hydrogen-bond donors (Lipinski definition) is 1. The number of pyridine rings is 1. The van der Waals surface area contributed by atoms with Crippen molar-refractivity contribution >= 4 is 23.6 Å². The number of hydrogen-bond acceptors (Lipinski definition) is 6. The molecule has 0 radical (unpaired) electrons. The molecule has 0 aliphatic heterocycles. The van der Waals surface area contributed by atoms with E-state index in [1.165, 1.54) is 13.0 Å². The molecule has 0 atom stereocenters. The molecular formula is C17H12ClN3O4. The summed E-state index contributed by atoms with van der Waals surface area (Å²) < 4.78 is 10.6. The summed E-state index contributed by atoms with van der Waals surface area (Å²) in [5.74, 6) is 0.277. The average Bonchev–Trinajstić information content (AvgIpc) is 3.06. The van der Waals surface area contributed by atoms with Crippen LogP contribution in [-0.4, -0.2) is 26.2 Å². The van der Waals surface area contributed by atoms with Crippen molar-refractivity contribution in [3.63, 3.8) is 0 Å². The van der Waals surface area contributed by atoms with Gasteiger partial charge in [-0.25, -0.2) is 9.78 Å². The minimum atomic E-state index is -1.05. The SMILES string of the molecule is CC(=Cc1nc(-c2ccc(Oc3ncccc3Cl)cc2)no1)C(=O)O. The Hall–Kier alpha value is -3.19. The second-order valence-corrected chi connectivity index (χ2v) is 5.41. The molecule has 0 saturated carbocycles. The molecular weight excluding hydrogens is 346 g/mol. The molecule has 0 bridgehead atoms. The Kier molecular flexibility index (Phi) is 4.76. The lowest BCUT2D eigenvalue weighted by Gasteiger charge is -2.06. The molecule has 2 aromatic heterocycles. The Morgan fingerprint density at radius 3 is 2.72 bits per heavy atom. The lowest BCUT2D eigenvalue weighted by Crippen LogP contribution is -1.95. The van der Waals surface area contributed by atoms with Crippen LogP contribution in [0, 0.1) is 0 Å². The van der Waals surface area contributed by atoms with E-state index in [1.807, 2.05) is 0 Å². The molecule has 3 aromatic rings. The van der Waals surface area contributed by atoms with Crippen molar-refractivity contribution in [1.29, 1.82) is 0 Å². The van der Waals surface area contributed by atoms with Gasteiger partial charge in [-0.2, -0.15) is 4.98 Å². The predicted octanol–water partition coefficient (Wildman–Crippen LogP) is 4.07. The zero-order chi connectivity index (χ0) is 17.8. The van der Waals surface area contributed by atoms with E-state index in [-0.39, 0.29) is 11.5 Å². The summed E-state index contributed by atoms with van der Waals surface area (Å²) in [6.45, 7) is 1.45. The molecule has 25 heavy (non-hydrogen) atoms. The van der Waals surface area contributed by atoms with Gasteiger partial charge in [-0.3, -0.25) is 0 Å². The molecule has 126 valence electrons. The number of nitrogens with zero attached hydrogens (tertiary/aromatic N) is 3. The summed E-state index contributed by atoms with van der Waals surface area (Å²) >= 11 is 6.00. The summed E-state index contributed by atoms with van der Waals surface area (Å²) in [5, 5.41) is 13.1. The number of halogens is 1. The fourth-order valence-corrected chi connectivity index (χ4v) is 2.05. The number of rotatable bonds is 5. The number of carboxylic acids is 1. The lowest BCUT2D eigenvalue weighted by molar-refractivity contribution is -0.132. The van der Waals surface area contributed by atoms with Gasteiger partial charge in [-0.1, -0.05) is 16.8 Å². The third kappa shape index (κ3) is 4.02. The fraction of sp³-hybridized carbons (Fsp3) is 0.0588. The quantitative estimate of drug-likeness (QED) is 0.687. The summed E-state index contributed by atoms with van der Waals surface area (Å²) in [7, 11) is 0. The molecule has 8 heteroatoms. The molecule has 0 aliphatic carbocycles. The predicted molar refractivity (Wildman–Crippen MR) is 90.3 cm³/mol. The molecule has 0 amide bonds. The van der Waals surface area contributed by atoms with Crippen molar-refractivity contribution in [2.45, 2.75) is 6.92 Å². The third-order valence-electron chi connectivity index (χ3n) is 3.17. The van der Waals surface area contributed by atoms with Crippen LogP contribution in [0.4, 0.5) is 0 Å². The molecule has 2 heterocycles. The van der Waals surface area contributed by atoms with Gasteiger partial charge in [0.2, 0.25) is 11.7 Å². The van der Waals surface area contributed by atoms with Crippen LogP contribution in [0.2, 0.25) is 5.02 Å². The molecule has 0 saturated heterocycles. The van der Waals surface area contributed by atoms with Crippen LogP contribution in [0.3, 0.4) is 0 Å². The Morgan fingerprint density at radius 1 is 1.28 bits per heavy atom. The van der Waals surface area contributed by atoms with Crippen LogP contribution in [0.5, 0.6) is 11.6 Å². The van der Waals surface area contributed by atoms with E-state index in [0.29, 0.717) is 28.0 Å². The smallest absolute Gasteiger partial charge is 0.331 e. The van der Waals surface area contributed by atoms with Gasteiger partial charge >= 0.3 is 5.97 Å². The Balaban J connectivity index is 1.77. The van der Waals surface area contributed by atoms with Crippen molar-refractivity contribution in [3.8, 4) is 23.0 Å². The summed E-state index contributed by atoms with van der Waals surface area (Å²) in [6.07, 6.45) is 2.89. The molecule has 7 nitrogen and oxygen atoms in total. The first-order valence-corrected chi connectivity index (χ1v) is 7.55. The monoisotopic (exact) mass is 357 g/mol. The number of benzene rings is 1. The van der Waals surface area contributed by atoms with Gasteiger partial charge in [0.15, 0.2) is 0 Å². The van der Waals surface area contributed by atoms with E-state index in [9.17, 15) is 4.79 Å². The van der Waals surface area contributed by atoms with Crippen molar-refractivity contribution in [2.24, 2.45) is 0 Å². The highest BCUT2D eigenvalue weighted by Gasteiger charge is 2.10. The van der Waals surface area contributed by atoms with Crippen molar-refractivity contribution in [3.05, 3.63) is 59.1 Å². The molecule has 1 aromatic carbocycles. The second kappa shape index (κ2) is 7.14. The first kappa shape index (κ1) is 16.7. The van der Waals surface area contributed by atoms with Gasteiger partial charge < -0.3 is 14.4 Å². The largest absolute Gasteiger partial charge is 0.478 e. The maximum Gasteiger partial charge on any atom is 0.331 e. The maximum atomic E-state index is 10.8. The van der Waals surface area contributed by atoms with Gasteiger partial charge in [-0.05, 0) is 43.3 Å². The maximum absolute atomic E-state index is 10.8. The van der Waals surface area contributed by atoms with Crippen LogP contribution in [0.1, 0.15) is 12.8 Å². The van der Waals surface area contributed by atoms with E-state index in [2.05, 4.69) is 15.1 Å². The number of carboxylic acid groups (broad SMARTS) is 1. The molecule has 3 rings (SSSR count). The fourth-order valence-electron chi connectivity index (χ4n) is 1.89. The van der Waals surface area contributed by atoms with Crippen LogP contribution < -0.4 is 4.74 Å². The standard InChI is InChI=1S/C17H12ClN3O4/c1-10(17(22)23)9-14-20-15(21-25-14)11-4-6-12(7-5-11)24-16-13(18)3-2-8-19-16/h2-9H,1H3,(H,22,23). The van der Waals surface area contributed by atoms with Crippen LogP contribution in [0.25, 0.3) is 17.5 Å². The van der Waals surface area contributed by atoms with Crippen molar-refractivity contribution in [1.82, 2.24) is 15.1 Å². The van der Waals surface area contributed by atoms with E-state index in [0.717, 1.165) is 0 Å². The van der Waals surface area contributed by atoms with Crippen molar-refractivity contribution < 1.29 is 19.2 Å². The minimum absolute atomic E-state index is 0.103. The van der Waals surface area contributed by atoms with Crippen LogP contribution in [0.15, 0.2) is 52.7 Å². The number of aromatic nitrogens is 3. The highest BCUT2D eigenvalue weighted by Crippen LogP contribution is 2.28. The van der Waals surface area contributed by atoms with Gasteiger partial charge in [0, 0.05) is 23.4 Å². The molecule has 0 aliphatic rings. The van der Waals surface area contributed by atoms with Gasteiger partial charge in [0.1, 0.15) is 10.8 Å². The Labute approximate surface area is 147 Å². The third-order valence-corrected chi connectivity index (χ3v) is 3.46. The van der Waals surface area contributed by atoms with E-state index in [4.69, 9.17) is 26.0 Å². The summed E-state index contributed by atoms with van der Waals surface area (Å²) in [4.78, 5) is 19.0. The molecule has 0 fully saturated rings. The first-order valence-electron chi connectivity index (χ1n) is 7.17. The highest BCUT2D eigenvalue weighted by atomic mass is 35.5. The summed E-state index contributed by atoms with van der Waals surface area (Å²) in [6, 6.07) is 10.3. The summed E-state index contributed by atoms with van der Waals surface area (Å²) in [5.41, 5.74) is 0.794. The van der Waals surface area contributed by atoms with E-state index in [1.54, 1.807) is 42.6 Å². The van der Waals surface area contributed by atoms with Gasteiger partial charge in [-0.15, -0.1) is 0 Å². The zero-order valence-corrected chi connectivity index (χ0v) is 13.8. The molecule has 0 spiro atoms.